The molecule has 0 aromatic rings. The number of alkyl halides is 5. The van der Waals surface area contributed by atoms with Crippen molar-refractivity contribution >= 4 is 5.97 Å². The van der Waals surface area contributed by atoms with Crippen LogP contribution in [0.3, 0.4) is 0 Å². The van der Waals surface area contributed by atoms with Gasteiger partial charge < -0.3 is 14.6 Å². The SMILES string of the molecule is CCC(C)(C)C(=O)OC1(C)OCC(O)(C(F)(F)F)C1(F)F. The second kappa shape index (κ2) is 4.77. The monoisotopic (exact) mass is 320 g/mol. The Morgan fingerprint density at radius 2 is 1.81 bits per heavy atom. The number of ether oxygens (including phenoxy) is 2. The molecule has 21 heavy (non-hydrogen) atoms. The van der Waals surface area contributed by atoms with Gasteiger partial charge >= 0.3 is 18.1 Å². The summed E-state index contributed by atoms with van der Waals surface area (Å²) in [6, 6.07) is 0. The van der Waals surface area contributed by atoms with Gasteiger partial charge in [0.15, 0.2) is 0 Å². The van der Waals surface area contributed by atoms with E-state index in [1.54, 1.807) is 6.92 Å². The third-order valence-corrected chi connectivity index (χ3v) is 3.84. The summed E-state index contributed by atoms with van der Waals surface area (Å²) in [6.45, 7) is 3.15. The fourth-order valence-corrected chi connectivity index (χ4v) is 1.61. The minimum atomic E-state index is -5.64. The lowest BCUT2D eigenvalue weighted by atomic mass is 9.89. The van der Waals surface area contributed by atoms with Crippen molar-refractivity contribution in [3.8, 4) is 0 Å². The Balaban J connectivity index is 3.13. The first-order chi connectivity index (χ1) is 9.15. The van der Waals surface area contributed by atoms with Gasteiger partial charge in [0.1, 0.15) is 0 Å². The van der Waals surface area contributed by atoms with Gasteiger partial charge in [-0.25, -0.2) is 0 Å². The zero-order chi connectivity index (χ0) is 16.9. The van der Waals surface area contributed by atoms with Gasteiger partial charge in [0.2, 0.25) is 0 Å². The number of carbonyl (C=O) groups is 1. The smallest absolute Gasteiger partial charge is 0.425 e. The molecule has 1 aliphatic rings. The minimum absolute atomic E-state index is 0.219. The van der Waals surface area contributed by atoms with E-state index in [0.717, 1.165) is 0 Å². The van der Waals surface area contributed by atoms with Crippen LogP contribution in [0.1, 0.15) is 34.1 Å². The van der Waals surface area contributed by atoms with Gasteiger partial charge in [0.25, 0.3) is 11.4 Å². The van der Waals surface area contributed by atoms with Crippen molar-refractivity contribution in [1.29, 1.82) is 0 Å². The first-order valence-electron chi connectivity index (χ1n) is 6.19. The van der Waals surface area contributed by atoms with Crippen LogP contribution in [0.5, 0.6) is 0 Å². The molecule has 0 amide bonds. The minimum Gasteiger partial charge on any atom is -0.426 e. The summed E-state index contributed by atoms with van der Waals surface area (Å²) < 4.78 is 74.9. The maximum atomic E-state index is 14.0. The number of hydrogen-bond acceptors (Lipinski definition) is 4. The lowest BCUT2D eigenvalue weighted by molar-refractivity contribution is -0.347. The number of carbonyl (C=O) groups excluding carboxylic acids is 1. The Kier molecular flexibility index (Phi) is 4.11. The van der Waals surface area contributed by atoms with Crippen molar-refractivity contribution in [2.75, 3.05) is 6.61 Å². The van der Waals surface area contributed by atoms with Crippen LogP contribution in [0.2, 0.25) is 0 Å². The highest BCUT2D eigenvalue weighted by Gasteiger charge is 2.82. The molecular weight excluding hydrogens is 303 g/mol. The van der Waals surface area contributed by atoms with E-state index in [-0.39, 0.29) is 6.42 Å². The second-order valence-electron chi connectivity index (χ2n) is 5.79. The maximum absolute atomic E-state index is 14.0. The topological polar surface area (TPSA) is 55.8 Å². The average Bonchev–Trinajstić information content (AvgIpc) is 2.50. The Morgan fingerprint density at radius 3 is 2.14 bits per heavy atom. The van der Waals surface area contributed by atoms with E-state index >= 15 is 0 Å². The standard InChI is InChI=1S/C12H17F5O4/c1-5-8(2,3)7(18)21-9(4)11(13,14)10(19,6-20-9)12(15,16)17/h19H,5-6H2,1-4H3. The number of esters is 1. The van der Waals surface area contributed by atoms with Crippen molar-refractivity contribution in [2.45, 2.75) is 57.6 Å². The molecule has 0 radical (unpaired) electrons. The molecule has 0 bridgehead atoms. The molecule has 1 heterocycles. The van der Waals surface area contributed by atoms with Gasteiger partial charge in [0, 0.05) is 6.92 Å². The molecular formula is C12H17F5O4. The van der Waals surface area contributed by atoms with Crippen LogP contribution in [-0.4, -0.2) is 41.2 Å². The average molecular weight is 320 g/mol. The van der Waals surface area contributed by atoms with Crippen LogP contribution in [0.4, 0.5) is 22.0 Å². The fourth-order valence-electron chi connectivity index (χ4n) is 1.61. The van der Waals surface area contributed by atoms with Gasteiger partial charge in [-0.1, -0.05) is 6.92 Å². The van der Waals surface area contributed by atoms with Gasteiger partial charge in [-0.15, -0.1) is 0 Å². The van der Waals surface area contributed by atoms with Gasteiger partial charge in [-0.05, 0) is 20.3 Å². The van der Waals surface area contributed by atoms with E-state index in [1.807, 2.05) is 0 Å². The van der Waals surface area contributed by atoms with Crippen molar-refractivity contribution < 1.29 is 41.3 Å². The highest BCUT2D eigenvalue weighted by Crippen LogP contribution is 2.54. The predicted octanol–water partition coefficient (Wildman–Crippen LogP) is 2.64. The molecule has 2 atom stereocenters. The molecule has 1 saturated heterocycles. The van der Waals surface area contributed by atoms with Crippen LogP contribution in [-0.2, 0) is 14.3 Å². The van der Waals surface area contributed by atoms with Crippen molar-refractivity contribution in [3.05, 3.63) is 0 Å². The van der Waals surface area contributed by atoms with Crippen LogP contribution in [0.15, 0.2) is 0 Å². The number of aliphatic hydroxyl groups is 1. The quantitative estimate of drug-likeness (QED) is 0.641. The Morgan fingerprint density at radius 1 is 1.33 bits per heavy atom. The lowest BCUT2D eigenvalue weighted by Crippen LogP contribution is -2.64. The molecule has 1 aliphatic heterocycles. The second-order valence-corrected chi connectivity index (χ2v) is 5.79. The van der Waals surface area contributed by atoms with E-state index in [9.17, 15) is 31.9 Å². The molecule has 1 fully saturated rings. The Labute approximate surface area is 118 Å². The highest BCUT2D eigenvalue weighted by atomic mass is 19.4. The number of hydrogen-bond donors (Lipinski definition) is 1. The molecule has 1 N–H and O–H groups in total. The summed E-state index contributed by atoms with van der Waals surface area (Å²) in [4.78, 5) is 11.8. The molecule has 0 spiro atoms. The van der Waals surface area contributed by atoms with Crippen LogP contribution in [0, 0.1) is 5.41 Å². The van der Waals surface area contributed by atoms with Crippen LogP contribution < -0.4 is 0 Å². The Hall–Kier alpha value is -0.960. The normalized spacial score (nSPS) is 33.0. The van der Waals surface area contributed by atoms with Gasteiger partial charge in [-0.2, -0.15) is 22.0 Å². The molecule has 124 valence electrons. The van der Waals surface area contributed by atoms with Crippen molar-refractivity contribution in [2.24, 2.45) is 5.41 Å². The van der Waals surface area contributed by atoms with E-state index in [0.29, 0.717) is 6.92 Å². The first kappa shape index (κ1) is 18.1. The third kappa shape index (κ3) is 2.50. The van der Waals surface area contributed by atoms with E-state index in [2.05, 4.69) is 9.47 Å². The summed E-state index contributed by atoms with van der Waals surface area (Å²) >= 11 is 0. The molecule has 0 aliphatic carbocycles. The number of halogens is 5. The van der Waals surface area contributed by atoms with Crippen LogP contribution in [0.25, 0.3) is 0 Å². The maximum Gasteiger partial charge on any atom is 0.425 e. The fraction of sp³-hybridized carbons (Fsp3) is 0.917. The molecule has 0 aromatic heterocycles. The summed E-state index contributed by atoms with van der Waals surface area (Å²) in [5.74, 6) is -9.18. The summed E-state index contributed by atoms with van der Waals surface area (Å²) in [6.07, 6.45) is -5.42. The molecule has 4 nitrogen and oxygen atoms in total. The first-order valence-corrected chi connectivity index (χ1v) is 6.19. The van der Waals surface area contributed by atoms with Gasteiger partial charge in [0.05, 0.1) is 12.0 Å². The third-order valence-electron chi connectivity index (χ3n) is 3.84. The predicted molar refractivity (Wildman–Crippen MR) is 60.5 cm³/mol. The molecule has 2 unspecified atom stereocenters. The van der Waals surface area contributed by atoms with Crippen molar-refractivity contribution in [3.63, 3.8) is 0 Å². The van der Waals surface area contributed by atoms with Gasteiger partial charge in [-0.3, -0.25) is 4.79 Å². The lowest BCUT2D eigenvalue weighted by Gasteiger charge is -2.37. The summed E-state index contributed by atoms with van der Waals surface area (Å²) in [5.41, 5.74) is -5.59. The number of rotatable bonds is 3. The largest absolute Gasteiger partial charge is 0.426 e. The van der Waals surface area contributed by atoms with E-state index < -0.39 is 41.5 Å². The zero-order valence-corrected chi connectivity index (χ0v) is 12.0. The molecule has 0 saturated carbocycles. The summed E-state index contributed by atoms with van der Waals surface area (Å²) in [5, 5.41) is 9.27. The van der Waals surface area contributed by atoms with Crippen molar-refractivity contribution in [1.82, 2.24) is 0 Å². The Bertz CT molecular complexity index is 434. The zero-order valence-electron chi connectivity index (χ0n) is 12.0. The summed E-state index contributed by atoms with van der Waals surface area (Å²) in [7, 11) is 0. The van der Waals surface area contributed by atoms with E-state index in [4.69, 9.17) is 0 Å². The molecule has 0 aromatic carbocycles. The van der Waals surface area contributed by atoms with E-state index in [1.165, 1.54) is 13.8 Å². The van der Waals surface area contributed by atoms with Crippen LogP contribution >= 0.6 is 0 Å². The molecule has 1 rings (SSSR count). The molecule has 9 heteroatoms. The highest BCUT2D eigenvalue weighted by molar-refractivity contribution is 5.76.